The number of halogens is 3. The second-order valence-corrected chi connectivity index (χ2v) is 3.75. The number of nitrogens with zero attached hydrogens (tertiary/aromatic N) is 2. The first-order valence-electron chi connectivity index (χ1n) is 3.74. The summed E-state index contributed by atoms with van der Waals surface area (Å²) in [5, 5.41) is 1.17. The predicted molar refractivity (Wildman–Crippen MR) is 57.4 cm³/mol. The Kier molecular flexibility index (Phi) is 2.68. The minimum atomic E-state index is 0.341. The van der Waals surface area contributed by atoms with Crippen LogP contribution in [0, 0.1) is 6.20 Å². The third-order valence-corrected chi connectivity index (χ3v) is 3.01. The van der Waals surface area contributed by atoms with Gasteiger partial charge in [0, 0.05) is 0 Å². The van der Waals surface area contributed by atoms with E-state index in [1.807, 2.05) is 0 Å². The summed E-state index contributed by atoms with van der Waals surface area (Å²) >= 11 is 17.7. The van der Waals surface area contributed by atoms with Crippen molar-refractivity contribution in [2.45, 2.75) is 0 Å². The first-order valence-corrected chi connectivity index (χ1v) is 4.87. The highest BCUT2D eigenvalue weighted by Gasteiger charge is 2.09. The summed E-state index contributed by atoms with van der Waals surface area (Å²) in [5.41, 5.74) is 0.707. The molecule has 0 aliphatic rings. The Labute approximate surface area is 96.0 Å². The van der Waals surface area contributed by atoms with Gasteiger partial charge in [-0.1, -0.05) is 34.8 Å². The molecule has 1 aromatic carbocycles. The van der Waals surface area contributed by atoms with E-state index < -0.39 is 0 Å². The van der Waals surface area contributed by atoms with Crippen molar-refractivity contribution >= 4 is 34.8 Å². The molecule has 0 amide bonds. The number of aromatic nitrogens is 2. The molecular formula is C9H4Cl3N2. The number of imidazole rings is 1. The van der Waals surface area contributed by atoms with Gasteiger partial charge in [-0.2, -0.15) is 0 Å². The average molecular weight is 247 g/mol. The molecular weight excluding hydrogens is 242 g/mol. The molecule has 71 valence electrons. The molecule has 1 radical (unpaired) electrons. The second kappa shape index (κ2) is 3.81. The Balaban J connectivity index is 2.61. The first kappa shape index (κ1) is 9.84. The van der Waals surface area contributed by atoms with Gasteiger partial charge in [0.05, 0.1) is 39.5 Å². The molecule has 2 aromatic rings. The molecule has 0 aliphatic heterocycles. The molecule has 14 heavy (non-hydrogen) atoms. The summed E-state index contributed by atoms with van der Waals surface area (Å²) in [6.45, 7) is 0. The minimum absolute atomic E-state index is 0.341. The van der Waals surface area contributed by atoms with Crippen molar-refractivity contribution in [1.29, 1.82) is 0 Å². The van der Waals surface area contributed by atoms with E-state index in [0.717, 1.165) is 0 Å². The molecule has 0 saturated heterocycles. The average Bonchev–Trinajstić information content (AvgIpc) is 2.67. The van der Waals surface area contributed by atoms with Crippen LogP contribution in [0.4, 0.5) is 0 Å². The predicted octanol–water partition coefficient (Wildman–Crippen LogP) is 3.63. The van der Waals surface area contributed by atoms with Crippen molar-refractivity contribution in [1.82, 2.24) is 9.55 Å². The third kappa shape index (κ3) is 1.61. The van der Waals surface area contributed by atoms with Gasteiger partial charge in [-0.05, 0) is 12.1 Å². The van der Waals surface area contributed by atoms with Gasteiger partial charge in [0.1, 0.15) is 0 Å². The molecule has 0 aliphatic carbocycles. The van der Waals surface area contributed by atoms with Crippen LogP contribution in [-0.4, -0.2) is 9.55 Å². The summed E-state index contributed by atoms with van der Waals surface area (Å²) < 4.78 is 1.64. The molecule has 0 unspecified atom stereocenters. The summed E-state index contributed by atoms with van der Waals surface area (Å²) in [7, 11) is 0. The van der Waals surface area contributed by atoms with E-state index in [9.17, 15) is 0 Å². The minimum Gasteiger partial charge on any atom is -0.296 e. The van der Waals surface area contributed by atoms with E-state index in [1.165, 1.54) is 0 Å². The Morgan fingerprint density at radius 2 is 1.93 bits per heavy atom. The van der Waals surface area contributed by atoms with Gasteiger partial charge in [0.2, 0.25) is 0 Å². The molecule has 1 aromatic heterocycles. The first-order chi connectivity index (χ1) is 6.70. The monoisotopic (exact) mass is 245 g/mol. The molecule has 0 spiro atoms. The van der Waals surface area contributed by atoms with Crippen LogP contribution in [0.1, 0.15) is 0 Å². The number of hydrogen-bond acceptors (Lipinski definition) is 1. The smallest absolute Gasteiger partial charge is 0.0998 e. The summed E-state index contributed by atoms with van der Waals surface area (Å²) in [6.07, 6.45) is 5.99. The summed E-state index contributed by atoms with van der Waals surface area (Å²) in [4.78, 5) is 3.86. The normalized spacial score (nSPS) is 10.5. The van der Waals surface area contributed by atoms with Crippen LogP contribution in [0.3, 0.4) is 0 Å². The number of rotatable bonds is 1. The maximum atomic E-state index is 6.00. The van der Waals surface area contributed by atoms with Crippen LogP contribution in [0.5, 0.6) is 0 Å². The molecule has 0 saturated carbocycles. The standard InChI is InChI=1S/C9H4Cl3N2/c10-6-1-2-7(9(12)8(6)11)14-4-3-13-5-14/h1-3,5H. The van der Waals surface area contributed by atoms with Crippen molar-refractivity contribution in [3.63, 3.8) is 0 Å². The Hall–Kier alpha value is -0.700. The molecule has 5 heteroatoms. The molecule has 0 fully saturated rings. The van der Waals surface area contributed by atoms with Gasteiger partial charge >= 0.3 is 0 Å². The van der Waals surface area contributed by atoms with Crippen LogP contribution in [0.2, 0.25) is 15.1 Å². The Morgan fingerprint density at radius 1 is 1.14 bits per heavy atom. The quantitative estimate of drug-likeness (QED) is 0.703. The van der Waals surface area contributed by atoms with Gasteiger partial charge < -0.3 is 0 Å². The SMILES string of the molecule is Clc1ccc(-n2[c]cnc2)c(Cl)c1Cl. The molecule has 0 atom stereocenters. The van der Waals surface area contributed by atoms with Gasteiger partial charge in [-0.25, -0.2) is 4.98 Å². The number of benzene rings is 1. The largest absolute Gasteiger partial charge is 0.296 e. The lowest BCUT2D eigenvalue weighted by atomic mass is 10.3. The fourth-order valence-corrected chi connectivity index (χ4v) is 1.68. The van der Waals surface area contributed by atoms with Gasteiger partial charge in [0.25, 0.3) is 0 Å². The summed E-state index contributed by atoms with van der Waals surface area (Å²) in [5.74, 6) is 0. The van der Waals surface area contributed by atoms with Gasteiger partial charge in [0.15, 0.2) is 0 Å². The molecule has 0 N–H and O–H groups in total. The van der Waals surface area contributed by atoms with Gasteiger partial charge in [-0.3, -0.25) is 4.57 Å². The fourth-order valence-electron chi connectivity index (χ4n) is 1.06. The Morgan fingerprint density at radius 3 is 2.57 bits per heavy atom. The molecule has 0 bridgehead atoms. The van der Waals surface area contributed by atoms with E-state index in [2.05, 4.69) is 11.2 Å². The van der Waals surface area contributed by atoms with Gasteiger partial charge in [-0.15, -0.1) is 0 Å². The summed E-state index contributed by atoms with van der Waals surface area (Å²) in [6, 6.07) is 3.44. The van der Waals surface area contributed by atoms with Crippen molar-refractivity contribution < 1.29 is 0 Å². The fraction of sp³-hybridized carbons (Fsp3) is 0. The number of hydrogen-bond donors (Lipinski definition) is 0. The van der Waals surface area contributed by atoms with Crippen molar-refractivity contribution in [3.05, 3.63) is 45.9 Å². The lowest BCUT2D eigenvalue weighted by Gasteiger charge is -2.06. The third-order valence-electron chi connectivity index (χ3n) is 1.73. The zero-order chi connectivity index (χ0) is 10.1. The highest BCUT2D eigenvalue weighted by atomic mass is 35.5. The molecule has 2 nitrogen and oxygen atoms in total. The lowest BCUT2D eigenvalue weighted by Crippen LogP contribution is -1.92. The molecule has 2 rings (SSSR count). The van der Waals surface area contributed by atoms with Crippen LogP contribution < -0.4 is 0 Å². The lowest BCUT2D eigenvalue weighted by molar-refractivity contribution is 1.05. The van der Waals surface area contributed by atoms with E-state index >= 15 is 0 Å². The van der Waals surface area contributed by atoms with E-state index in [0.29, 0.717) is 20.8 Å². The van der Waals surface area contributed by atoms with Crippen LogP contribution in [0.15, 0.2) is 24.7 Å². The van der Waals surface area contributed by atoms with Crippen LogP contribution in [-0.2, 0) is 0 Å². The second-order valence-electron chi connectivity index (χ2n) is 2.59. The zero-order valence-electron chi connectivity index (χ0n) is 6.84. The van der Waals surface area contributed by atoms with E-state index in [4.69, 9.17) is 34.8 Å². The maximum Gasteiger partial charge on any atom is 0.0998 e. The van der Waals surface area contributed by atoms with Crippen molar-refractivity contribution in [2.75, 3.05) is 0 Å². The maximum absolute atomic E-state index is 6.00. The van der Waals surface area contributed by atoms with Crippen molar-refractivity contribution in [2.24, 2.45) is 0 Å². The topological polar surface area (TPSA) is 17.8 Å². The van der Waals surface area contributed by atoms with Crippen LogP contribution >= 0.6 is 34.8 Å². The zero-order valence-corrected chi connectivity index (χ0v) is 9.11. The van der Waals surface area contributed by atoms with E-state index in [1.54, 1.807) is 29.2 Å². The highest BCUT2D eigenvalue weighted by Crippen LogP contribution is 2.34. The van der Waals surface area contributed by atoms with E-state index in [-0.39, 0.29) is 0 Å². The van der Waals surface area contributed by atoms with Crippen LogP contribution in [0.25, 0.3) is 5.69 Å². The Bertz CT molecular complexity index is 451. The van der Waals surface area contributed by atoms with Crippen molar-refractivity contribution in [3.8, 4) is 5.69 Å². The molecule has 1 heterocycles. The highest BCUT2D eigenvalue weighted by molar-refractivity contribution is 6.48.